The molecule has 2 amide bonds. The molecule has 0 bridgehead atoms. The molecule has 0 aliphatic heterocycles. The van der Waals surface area contributed by atoms with Gasteiger partial charge in [0, 0.05) is 6.04 Å². The van der Waals surface area contributed by atoms with Crippen LogP contribution < -0.4 is 16.4 Å². The van der Waals surface area contributed by atoms with Crippen LogP contribution in [0.15, 0.2) is 0 Å². The molecule has 6 nitrogen and oxygen atoms in total. The molecule has 1 fully saturated rings. The zero-order valence-corrected chi connectivity index (χ0v) is 7.91. The number of carbonyl (C=O) groups excluding carboxylic acids is 2. The molecule has 4 N–H and O–H groups in total. The highest BCUT2D eigenvalue weighted by Gasteiger charge is 2.20. The molecule has 0 radical (unpaired) electrons. The highest BCUT2D eigenvalue weighted by molar-refractivity contribution is 5.78. The van der Waals surface area contributed by atoms with Gasteiger partial charge in [-0.25, -0.2) is 4.79 Å². The molecule has 1 aliphatic rings. The van der Waals surface area contributed by atoms with E-state index in [0.717, 1.165) is 12.8 Å². The van der Waals surface area contributed by atoms with Crippen molar-refractivity contribution < 1.29 is 14.3 Å². The Morgan fingerprint density at radius 3 is 2.71 bits per heavy atom. The number of carbonyl (C=O) groups is 2. The van der Waals surface area contributed by atoms with Gasteiger partial charge < -0.3 is 21.1 Å². The fourth-order valence-corrected chi connectivity index (χ4v) is 0.929. The van der Waals surface area contributed by atoms with E-state index in [2.05, 4.69) is 15.4 Å². The zero-order valence-electron chi connectivity index (χ0n) is 7.91. The summed E-state index contributed by atoms with van der Waals surface area (Å²) in [4.78, 5) is 21.2. The number of hydrogen-bond donors (Lipinski definition) is 3. The zero-order chi connectivity index (χ0) is 10.4. The van der Waals surface area contributed by atoms with Crippen LogP contribution in [0, 0.1) is 0 Å². The molecule has 0 aromatic heterocycles. The first-order valence-corrected chi connectivity index (χ1v) is 4.61. The van der Waals surface area contributed by atoms with Gasteiger partial charge in [0.2, 0.25) is 5.91 Å². The van der Waals surface area contributed by atoms with Crippen LogP contribution in [0.4, 0.5) is 4.79 Å². The molecule has 0 saturated heterocycles. The minimum absolute atomic E-state index is 0.0926. The summed E-state index contributed by atoms with van der Waals surface area (Å²) in [6, 6.07) is 0.516. The van der Waals surface area contributed by atoms with Crippen molar-refractivity contribution in [3.8, 4) is 0 Å². The molecule has 0 aromatic rings. The van der Waals surface area contributed by atoms with Crippen LogP contribution in [-0.4, -0.2) is 37.7 Å². The summed E-state index contributed by atoms with van der Waals surface area (Å²) < 4.78 is 4.43. The lowest BCUT2D eigenvalue weighted by molar-refractivity contribution is -0.120. The molecule has 80 valence electrons. The fraction of sp³-hybridized carbons (Fsp3) is 0.750. The quantitative estimate of drug-likeness (QED) is 0.478. The molecule has 0 spiro atoms. The number of ether oxygens (including phenoxy) is 1. The van der Waals surface area contributed by atoms with E-state index in [9.17, 15) is 9.59 Å². The predicted octanol–water partition coefficient (Wildman–Crippen LogP) is -1.05. The van der Waals surface area contributed by atoms with Crippen LogP contribution in [-0.2, 0) is 9.53 Å². The third-order valence-corrected chi connectivity index (χ3v) is 1.80. The van der Waals surface area contributed by atoms with Crippen LogP contribution in [0.1, 0.15) is 12.8 Å². The Hall–Kier alpha value is -1.30. The van der Waals surface area contributed by atoms with E-state index in [-0.39, 0.29) is 12.5 Å². The van der Waals surface area contributed by atoms with Crippen LogP contribution in [0.3, 0.4) is 0 Å². The lowest BCUT2D eigenvalue weighted by Crippen LogP contribution is -2.36. The van der Waals surface area contributed by atoms with Crippen molar-refractivity contribution in [2.45, 2.75) is 18.9 Å². The first-order chi connectivity index (χ1) is 6.68. The van der Waals surface area contributed by atoms with Crippen molar-refractivity contribution in [3.05, 3.63) is 0 Å². The Balaban J connectivity index is 1.88. The summed E-state index contributed by atoms with van der Waals surface area (Å²) in [5, 5.41) is 5.65. The van der Waals surface area contributed by atoms with Crippen LogP contribution >= 0.6 is 0 Å². The first-order valence-electron chi connectivity index (χ1n) is 4.61. The van der Waals surface area contributed by atoms with Gasteiger partial charge in [0.15, 0.2) is 0 Å². The maximum atomic E-state index is 11.1. The van der Waals surface area contributed by atoms with Gasteiger partial charge in [0.25, 0.3) is 0 Å². The van der Waals surface area contributed by atoms with Crippen molar-refractivity contribution >= 4 is 12.0 Å². The Morgan fingerprint density at radius 1 is 1.43 bits per heavy atom. The van der Waals surface area contributed by atoms with E-state index >= 15 is 0 Å². The van der Waals surface area contributed by atoms with Gasteiger partial charge in [-0.1, -0.05) is 0 Å². The highest BCUT2D eigenvalue weighted by atomic mass is 16.5. The third kappa shape index (κ3) is 5.36. The Morgan fingerprint density at radius 2 is 2.14 bits per heavy atom. The summed E-state index contributed by atoms with van der Waals surface area (Å²) in [6.07, 6.45) is 1.48. The van der Waals surface area contributed by atoms with Crippen LogP contribution in [0.2, 0.25) is 0 Å². The second-order valence-electron chi connectivity index (χ2n) is 3.17. The monoisotopic (exact) mass is 201 g/mol. The smallest absolute Gasteiger partial charge is 0.404 e. The molecule has 0 aromatic carbocycles. The van der Waals surface area contributed by atoms with Gasteiger partial charge in [-0.05, 0) is 12.8 Å². The molecule has 1 rings (SSSR count). The summed E-state index contributed by atoms with van der Waals surface area (Å²) in [7, 11) is 0. The van der Waals surface area contributed by atoms with E-state index in [4.69, 9.17) is 5.73 Å². The second kappa shape index (κ2) is 5.43. The summed E-state index contributed by atoms with van der Waals surface area (Å²) >= 11 is 0. The van der Waals surface area contributed by atoms with Crippen LogP contribution in [0.25, 0.3) is 0 Å². The number of rotatable bonds is 6. The van der Waals surface area contributed by atoms with Gasteiger partial charge in [-0.2, -0.15) is 0 Å². The molecule has 1 saturated carbocycles. The van der Waals surface area contributed by atoms with E-state index in [1.807, 2.05) is 0 Å². The summed E-state index contributed by atoms with van der Waals surface area (Å²) in [5.41, 5.74) is 4.73. The Bertz CT molecular complexity index is 216. The molecule has 6 heteroatoms. The first kappa shape index (κ1) is 10.8. The molecule has 0 atom stereocenters. The van der Waals surface area contributed by atoms with Crippen molar-refractivity contribution in [2.75, 3.05) is 19.7 Å². The molecular weight excluding hydrogens is 186 g/mol. The van der Waals surface area contributed by atoms with E-state index in [0.29, 0.717) is 19.1 Å². The Kier molecular flexibility index (Phi) is 4.18. The summed E-state index contributed by atoms with van der Waals surface area (Å²) in [6.45, 7) is 0.736. The minimum atomic E-state index is -0.824. The van der Waals surface area contributed by atoms with Crippen molar-refractivity contribution in [2.24, 2.45) is 5.73 Å². The molecule has 0 heterocycles. The van der Waals surface area contributed by atoms with E-state index in [1.54, 1.807) is 0 Å². The molecule has 1 aliphatic carbocycles. The van der Waals surface area contributed by atoms with Crippen molar-refractivity contribution in [1.29, 1.82) is 0 Å². The van der Waals surface area contributed by atoms with Crippen molar-refractivity contribution in [3.63, 3.8) is 0 Å². The predicted molar refractivity (Wildman–Crippen MR) is 49.6 cm³/mol. The standard InChI is InChI=1S/C8H15N3O3/c9-8(13)14-4-3-10-7(12)5-11-6-1-2-6/h6,11H,1-5H2,(H2,9,13)(H,10,12). The maximum absolute atomic E-state index is 11.1. The van der Waals surface area contributed by atoms with Gasteiger partial charge in [-0.3, -0.25) is 4.79 Å². The lowest BCUT2D eigenvalue weighted by Gasteiger charge is -2.05. The average molecular weight is 201 g/mol. The number of nitrogens with one attached hydrogen (secondary N) is 2. The number of hydrogen-bond acceptors (Lipinski definition) is 4. The lowest BCUT2D eigenvalue weighted by atomic mass is 10.5. The molecule has 0 unspecified atom stereocenters. The Labute approximate surface area is 82.2 Å². The number of nitrogens with two attached hydrogens (primary N) is 1. The van der Waals surface area contributed by atoms with Gasteiger partial charge in [0.05, 0.1) is 13.1 Å². The topological polar surface area (TPSA) is 93.5 Å². The number of primary amides is 1. The minimum Gasteiger partial charge on any atom is -0.448 e. The summed E-state index contributed by atoms with van der Waals surface area (Å²) in [5.74, 6) is -0.0926. The van der Waals surface area contributed by atoms with Gasteiger partial charge >= 0.3 is 6.09 Å². The van der Waals surface area contributed by atoms with Gasteiger partial charge in [0.1, 0.15) is 6.61 Å². The van der Waals surface area contributed by atoms with Crippen molar-refractivity contribution in [1.82, 2.24) is 10.6 Å². The average Bonchev–Trinajstić information content (AvgIpc) is 2.92. The maximum Gasteiger partial charge on any atom is 0.404 e. The normalized spacial score (nSPS) is 14.9. The molecular formula is C8H15N3O3. The number of amides is 2. The van der Waals surface area contributed by atoms with Crippen LogP contribution in [0.5, 0.6) is 0 Å². The largest absolute Gasteiger partial charge is 0.448 e. The van der Waals surface area contributed by atoms with Gasteiger partial charge in [-0.15, -0.1) is 0 Å². The third-order valence-electron chi connectivity index (χ3n) is 1.80. The molecule has 14 heavy (non-hydrogen) atoms. The highest BCUT2D eigenvalue weighted by Crippen LogP contribution is 2.17. The van der Waals surface area contributed by atoms with E-state index in [1.165, 1.54) is 0 Å². The fourth-order valence-electron chi connectivity index (χ4n) is 0.929. The SMILES string of the molecule is NC(=O)OCCNC(=O)CNC1CC1. The second-order valence-corrected chi connectivity index (χ2v) is 3.17. The van der Waals surface area contributed by atoms with E-state index < -0.39 is 6.09 Å².